The summed E-state index contributed by atoms with van der Waals surface area (Å²) in [6.07, 6.45) is 16.6. The summed E-state index contributed by atoms with van der Waals surface area (Å²) in [6.45, 7) is 3.88. The van der Waals surface area contributed by atoms with Gasteiger partial charge in [0.2, 0.25) is 11.4 Å². The van der Waals surface area contributed by atoms with E-state index in [0.29, 0.717) is 0 Å². The van der Waals surface area contributed by atoms with Crippen molar-refractivity contribution >= 4 is 40.1 Å². The van der Waals surface area contributed by atoms with Crippen LogP contribution in [0.15, 0.2) is 73.1 Å². The predicted octanol–water partition coefficient (Wildman–Crippen LogP) is 6.59. The first-order chi connectivity index (χ1) is 19.5. The lowest BCUT2D eigenvalue weighted by Gasteiger charge is -2.32. The van der Waals surface area contributed by atoms with Crippen LogP contribution in [0.2, 0.25) is 0 Å². The number of hydrogen-bond acceptors (Lipinski definition) is 3. The van der Waals surface area contributed by atoms with E-state index >= 15 is 0 Å². The SMILES string of the molecule is C1CC1.CC.C[n+]1ccc(/C=C2/C=CN(CC(=O)N(CC(=O)O)C3CCCC3)c3ccccc32)c2ccccc21. The van der Waals surface area contributed by atoms with Crippen LogP contribution in [0.1, 0.15) is 69.9 Å². The molecule has 2 heterocycles. The van der Waals surface area contributed by atoms with Crippen LogP contribution in [0.25, 0.3) is 22.6 Å². The minimum absolute atomic E-state index is 0.0192. The van der Waals surface area contributed by atoms with Gasteiger partial charge < -0.3 is 14.9 Å². The van der Waals surface area contributed by atoms with E-state index in [4.69, 9.17) is 0 Å². The molecule has 1 amide bonds. The lowest BCUT2D eigenvalue weighted by Crippen LogP contribution is -2.46. The first-order valence-corrected chi connectivity index (χ1v) is 14.7. The molecule has 0 bridgehead atoms. The minimum atomic E-state index is -0.964. The maximum absolute atomic E-state index is 13.3. The van der Waals surface area contributed by atoms with E-state index < -0.39 is 5.97 Å². The molecule has 1 aromatic heterocycles. The zero-order valence-corrected chi connectivity index (χ0v) is 24.1. The van der Waals surface area contributed by atoms with E-state index in [9.17, 15) is 14.7 Å². The Labute approximate surface area is 238 Å². The van der Waals surface area contributed by atoms with E-state index in [-0.39, 0.29) is 25.0 Å². The number of carboxylic acid groups (broad SMARTS) is 1. The molecule has 40 heavy (non-hydrogen) atoms. The number of amides is 1. The molecule has 2 aromatic carbocycles. The fourth-order valence-electron chi connectivity index (χ4n) is 5.27. The molecular weight excluding hydrogens is 498 g/mol. The maximum atomic E-state index is 13.3. The van der Waals surface area contributed by atoms with Gasteiger partial charge in [0.25, 0.3) is 0 Å². The third kappa shape index (κ3) is 7.17. The Kier molecular flexibility index (Phi) is 10.1. The summed E-state index contributed by atoms with van der Waals surface area (Å²) < 4.78 is 2.11. The van der Waals surface area contributed by atoms with Gasteiger partial charge in [-0.3, -0.25) is 9.59 Å². The number of aromatic nitrogens is 1. The van der Waals surface area contributed by atoms with Crippen LogP contribution in [-0.4, -0.2) is 41.0 Å². The van der Waals surface area contributed by atoms with Crippen molar-refractivity contribution in [1.29, 1.82) is 0 Å². The number of aliphatic carboxylic acids is 1. The third-order valence-electron chi connectivity index (χ3n) is 7.39. The summed E-state index contributed by atoms with van der Waals surface area (Å²) in [5.41, 5.74) is 5.36. The molecule has 6 nitrogen and oxygen atoms in total. The lowest BCUT2D eigenvalue weighted by molar-refractivity contribution is -0.644. The van der Waals surface area contributed by atoms with Gasteiger partial charge in [-0.2, -0.15) is 0 Å². The van der Waals surface area contributed by atoms with Crippen molar-refractivity contribution < 1.29 is 19.3 Å². The molecule has 0 saturated heterocycles. The second kappa shape index (κ2) is 13.9. The fourth-order valence-corrected chi connectivity index (χ4v) is 5.27. The van der Waals surface area contributed by atoms with E-state index in [1.54, 1.807) is 4.90 Å². The first kappa shape index (κ1) is 29.1. The zero-order valence-electron chi connectivity index (χ0n) is 24.1. The van der Waals surface area contributed by atoms with E-state index in [0.717, 1.165) is 53.6 Å². The van der Waals surface area contributed by atoms with Gasteiger partial charge in [0.05, 0.1) is 5.39 Å². The van der Waals surface area contributed by atoms with Crippen LogP contribution in [0.4, 0.5) is 5.69 Å². The third-order valence-corrected chi connectivity index (χ3v) is 7.39. The average Bonchev–Trinajstić information content (AvgIpc) is 3.78. The largest absolute Gasteiger partial charge is 0.480 e. The molecule has 0 radical (unpaired) electrons. The highest BCUT2D eigenvalue weighted by atomic mass is 16.4. The number of pyridine rings is 1. The number of aryl methyl sites for hydroxylation is 1. The monoisotopic (exact) mass is 540 g/mol. The number of carbonyl (C=O) groups is 2. The van der Waals surface area contributed by atoms with Crippen molar-refractivity contribution in [2.75, 3.05) is 18.0 Å². The number of allylic oxidation sites excluding steroid dienone is 2. The number of rotatable bonds is 6. The lowest BCUT2D eigenvalue weighted by atomic mass is 9.96. The highest BCUT2D eigenvalue weighted by Crippen LogP contribution is 2.35. The summed E-state index contributed by atoms with van der Waals surface area (Å²) in [4.78, 5) is 28.2. The molecule has 3 aliphatic rings. The topological polar surface area (TPSA) is 64.7 Å². The number of carboxylic acids is 1. The van der Waals surface area contributed by atoms with Gasteiger partial charge in [0.15, 0.2) is 6.20 Å². The molecule has 6 rings (SSSR count). The molecule has 0 atom stereocenters. The number of benzene rings is 2. The van der Waals surface area contributed by atoms with Gasteiger partial charge in [-0.05, 0) is 48.3 Å². The Morgan fingerprint density at radius 3 is 2.35 bits per heavy atom. The van der Waals surface area contributed by atoms with Crippen molar-refractivity contribution in [3.63, 3.8) is 0 Å². The number of para-hydroxylation sites is 2. The fraction of sp³-hybridized carbons (Fsp3) is 0.382. The normalized spacial score (nSPS) is 16.5. The van der Waals surface area contributed by atoms with Crippen LogP contribution in [0.5, 0.6) is 0 Å². The molecule has 0 spiro atoms. The maximum Gasteiger partial charge on any atom is 0.323 e. The Morgan fingerprint density at radius 2 is 1.65 bits per heavy atom. The molecular formula is C34H42N3O3+. The number of anilines is 1. The Morgan fingerprint density at radius 1 is 0.975 bits per heavy atom. The molecule has 2 saturated carbocycles. The number of carbonyl (C=O) groups excluding carboxylic acids is 1. The predicted molar refractivity (Wildman–Crippen MR) is 163 cm³/mol. The van der Waals surface area contributed by atoms with Gasteiger partial charge in [-0.1, -0.05) is 76.3 Å². The van der Waals surface area contributed by atoms with Crippen LogP contribution < -0.4 is 9.47 Å². The van der Waals surface area contributed by atoms with E-state index in [1.165, 1.54) is 24.6 Å². The zero-order chi connectivity index (χ0) is 28.5. The Balaban J connectivity index is 0.000000680. The number of nitrogens with zero attached hydrogens (tertiary/aromatic N) is 3. The van der Waals surface area contributed by atoms with Gasteiger partial charge in [0, 0.05) is 35.6 Å². The van der Waals surface area contributed by atoms with Gasteiger partial charge in [0.1, 0.15) is 20.1 Å². The summed E-state index contributed by atoms with van der Waals surface area (Å²) in [5, 5.41) is 10.6. The molecule has 0 unspecified atom stereocenters. The van der Waals surface area contributed by atoms with Gasteiger partial charge in [-0.25, -0.2) is 4.57 Å². The van der Waals surface area contributed by atoms with E-state index in [2.05, 4.69) is 47.2 Å². The van der Waals surface area contributed by atoms with Gasteiger partial charge >= 0.3 is 5.97 Å². The van der Waals surface area contributed by atoms with Crippen molar-refractivity contribution in [1.82, 2.24) is 4.90 Å². The highest BCUT2D eigenvalue weighted by Gasteiger charge is 2.30. The minimum Gasteiger partial charge on any atom is -0.480 e. The van der Waals surface area contributed by atoms with Crippen LogP contribution in [0.3, 0.4) is 0 Å². The highest BCUT2D eigenvalue weighted by molar-refractivity contribution is 6.00. The molecule has 3 aromatic rings. The second-order valence-electron chi connectivity index (χ2n) is 10.4. The van der Waals surface area contributed by atoms with Crippen LogP contribution in [-0.2, 0) is 16.6 Å². The number of hydrogen-bond donors (Lipinski definition) is 1. The van der Waals surface area contributed by atoms with Crippen molar-refractivity contribution in [2.24, 2.45) is 7.05 Å². The van der Waals surface area contributed by atoms with Crippen LogP contribution in [0, 0.1) is 0 Å². The molecule has 2 aliphatic carbocycles. The summed E-state index contributed by atoms with van der Waals surface area (Å²) >= 11 is 0. The quantitative estimate of drug-likeness (QED) is 0.358. The first-order valence-electron chi connectivity index (χ1n) is 14.7. The standard InChI is InChI=1S/C29H29N3O3.C3H6.C2H6/c1-30-16-14-21(24-10-4-6-12-26(24)30)18-22-15-17-31(27-13-7-5-11-25(22)27)19-28(33)32(20-29(34)35)23-8-2-3-9-23;1-2-3-1;1-2/h4-7,10-18,23H,2-3,8-9,19-20H2,1H3;1-3H2;1-2H3/p+1. The average molecular weight is 541 g/mol. The summed E-state index contributed by atoms with van der Waals surface area (Å²) in [7, 11) is 2.04. The molecule has 6 heteroatoms. The van der Waals surface area contributed by atoms with Crippen molar-refractivity contribution in [2.45, 2.75) is 64.8 Å². The molecule has 210 valence electrons. The van der Waals surface area contributed by atoms with E-state index in [1.807, 2.05) is 62.3 Å². The molecule has 1 aliphatic heterocycles. The summed E-state index contributed by atoms with van der Waals surface area (Å²) in [6, 6.07) is 18.5. The summed E-state index contributed by atoms with van der Waals surface area (Å²) in [5.74, 6) is -1.11. The molecule has 2 fully saturated rings. The Hall–Kier alpha value is -3.93. The Bertz CT molecular complexity index is 1380. The second-order valence-corrected chi connectivity index (χ2v) is 10.4. The molecule has 1 N–H and O–H groups in total. The van der Waals surface area contributed by atoms with Crippen LogP contribution >= 0.6 is 0 Å². The smallest absolute Gasteiger partial charge is 0.323 e. The van der Waals surface area contributed by atoms with Crippen molar-refractivity contribution in [3.05, 3.63) is 84.2 Å². The number of fused-ring (bicyclic) bond motifs is 2. The van der Waals surface area contributed by atoms with Crippen molar-refractivity contribution in [3.8, 4) is 0 Å². The van der Waals surface area contributed by atoms with Gasteiger partial charge in [-0.15, -0.1) is 0 Å².